The second-order valence-corrected chi connectivity index (χ2v) is 2.82. The third-order valence-corrected chi connectivity index (χ3v) is 1.72. The molecular formula is C8H11NO2S. The average Bonchev–Trinajstić information content (AvgIpc) is 2.47. The van der Waals surface area contributed by atoms with Gasteiger partial charge in [-0.1, -0.05) is 0 Å². The van der Waals surface area contributed by atoms with Crippen LogP contribution >= 0.6 is 12.6 Å². The first-order valence-corrected chi connectivity index (χ1v) is 4.32. The summed E-state index contributed by atoms with van der Waals surface area (Å²) in [6.45, 7) is 2.34. The molecule has 0 aliphatic carbocycles. The predicted octanol–water partition coefficient (Wildman–Crippen LogP) is 1.25. The van der Waals surface area contributed by atoms with Crippen LogP contribution in [0, 0.1) is 6.92 Å². The number of carbonyl (C=O) groups excluding carboxylic acids is 1. The first-order chi connectivity index (χ1) is 5.75. The number of rotatable bonds is 3. The summed E-state index contributed by atoms with van der Waals surface area (Å²) in [5.41, 5.74) is 0.594. The summed E-state index contributed by atoms with van der Waals surface area (Å²) >= 11 is 3.98. The summed E-state index contributed by atoms with van der Waals surface area (Å²) < 4.78 is 4.99. The molecule has 1 N–H and O–H groups in total. The van der Waals surface area contributed by atoms with Crippen LogP contribution in [0.5, 0.6) is 0 Å². The molecule has 0 unspecified atom stereocenters. The Balaban J connectivity index is 2.59. The molecule has 1 rings (SSSR count). The molecule has 0 atom stereocenters. The number of hydrogen-bond donors (Lipinski definition) is 2. The quantitative estimate of drug-likeness (QED) is 0.696. The van der Waals surface area contributed by atoms with Gasteiger partial charge in [-0.2, -0.15) is 12.6 Å². The third-order valence-electron chi connectivity index (χ3n) is 1.50. The highest BCUT2D eigenvalue weighted by Crippen LogP contribution is 2.07. The van der Waals surface area contributed by atoms with Gasteiger partial charge in [0.25, 0.3) is 5.91 Å². The van der Waals surface area contributed by atoms with E-state index in [2.05, 4.69) is 17.9 Å². The number of thiol groups is 1. The molecule has 0 radical (unpaired) electrons. The van der Waals surface area contributed by atoms with Crippen molar-refractivity contribution in [2.75, 3.05) is 12.3 Å². The molecule has 1 heterocycles. The lowest BCUT2D eigenvalue weighted by molar-refractivity contribution is 0.0954. The predicted molar refractivity (Wildman–Crippen MR) is 49.6 cm³/mol. The normalized spacial score (nSPS) is 9.83. The number of hydrogen-bond acceptors (Lipinski definition) is 3. The smallest absolute Gasteiger partial charge is 0.254 e. The minimum absolute atomic E-state index is 0.102. The molecule has 0 saturated carbocycles. The Morgan fingerprint density at radius 1 is 1.75 bits per heavy atom. The van der Waals surface area contributed by atoms with Gasteiger partial charge in [0.1, 0.15) is 5.76 Å². The van der Waals surface area contributed by atoms with Crippen molar-refractivity contribution in [3.8, 4) is 0 Å². The maximum atomic E-state index is 11.3. The summed E-state index contributed by atoms with van der Waals surface area (Å²) in [5.74, 6) is 1.18. The molecule has 0 saturated heterocycles. The second-order valence-electron chi connectivity index (χ2n) is 2.37. The topological polar surface area (TPSA) is 42.2 Å². The minimum Gasteiger partial charge on any atom is -0.469 e. The van der Waals surface area contributed by atoms with Crippen molar-refractivity contribution < 1.29 is 9.21 Å². The molecule has 0 bridgehead atoms. The van der Waals surface area contributed by atoms with Gasteiger partial charge >= 0.3 is 0 Å². The van der Waals surface area contributed by atoms with Crippen molar-refractivity contribution in [3.05, 3.63) is 23.7 Å². The number of carbonyl (C=O) groups is 1. The molecule has 0 spiro atoms. The lowest BCUT2D eigenvalue weighted by atomic mass is 10.2. The summed E-state index contributed by atoms with van der Waals surface area (Å²) in [7, 11) is 0. The van der Waals surface area contributed by atoms with Crippen molar-refractivity contribution in [1.82, 2.24) is 5.32 Å². The van der Waals surface area contributed by atoms with E-state index < -0.39 is 0 Å². The molecule has 1 aromatic rings. The fraction of sp³-hybridized carbons (Fsp3) is 0.375. The Labute approximate surface area is 76.6 Å². The standard InChI is InChI=1S/C8H11NO2S/c1-6-7(2-4-11-6)8(10)9-3-5-12/h2,4,12H,3,5H2,1H3,(H,9,10). The van der Waals surface area contributed by atoms with Crippen LogP contribution < -0.4 is 5.32 Å². The lowest BCUT2D eigenvalue weighted by Crippen LogP contribution is -2.25. The van der Waals surface area contributed by atoms with E-state index in [1.165, 1.54) is 6.26 Å². The van der Waals surface area contributed by atoms with E-state index in [1.54, 1.807) is 13.0 Å². The highest BCUT2D eigenvalue weighted by atomic mass is 32.1. The van der Waals surface area contributed by atoms with Gasteiger partial charge in [0.2, 0.25) is 0 Å². The highest BCUT2D eigenvalue weighted by molar-refractivity contribution is 7.80. The second kappa shape index (κ2) is 4.21. The molecule has 0 aliphatic rings. The van der Waals surface area contributed by atoms with Gasteiger partial charge in [0.15, 0.2) is 0 Å². The van der Waals surface area contributed by atoms with Crippen LogP contribution in [0.3, 0.4) is 0 Å². The van der Waals surface area contributed by atoms with Crippen molar-refractivity contribution >= 4 is 18.5 Å². The van der Waals surface area contributed by atoms with Gasteiger partial charge in [-0.05, 0) is 13.0 Å². The highest BCUT2D eigenvalue weighted by Gasteiger charge is 2.09. The average molecular weight is 185 g/mol. The van der Waals surface area contributed by atoms with E-state index in [0.717, 1.165) is 0 Å². The molecule has 1 amide bonds. The van der Waals surface area contributed by atoms with Gasteiger partial charge in [0.05, 0.1) is 11.8 Å². The molecule has 0 aromatic carbocycles. The van der Waals surface area contributed by atoms with Gasteiger partial charge in [0, 0.05) is 12.3 Å². The molecule has 0 aliphatic heterocycles. The van der Waals surface area contributed by atoms with Crippen molar-refractivity contribution in [3.63, 3.8) is 0 Å². The minimum atomic E-state index is -0.102. The molecule has 0 fully saturated rings. The van der Waals surface area contributed by atoms with Crippen molar-refractivity contribution in [2.45, 2.75) is 6.92 Å². The number of nitrogens with one attached hydrogen (secondary N) is 1. The largest absolute Gasteiger partial charge is 0.469 e. The maximum Gasteiger partial charge on any atom is 0.254 e. The van der Waals surface area contributed by atoms with E-state index in [9.17, 15) is 4.79 Å². The zero-order chi connectivity index (χ0) is 8.97. The Morgan fingerprint density at radius 3 is 3.00 bits per heavy atom. The fourth-order valence-corrected chi connectivity index (χ4v) is 0.997. The Hall–Kier alpha value is -0.900. The van der Waals surface area contributed by atoms with Crippen molar-refractivity contribution in [2.24, 2.45) is 0 Å². The number of amides is 1. The van der Waals surface area contributed by atoms with Gasteiger partial charge in [-0.15, -0.1) is 0 Å². The van der Waals surface area contributed by atoms with E-state index in [-0.39, 0.29) is 5.91 Å². The van der Waals surface area contributed by atoms with Gasteiger partial charge < -0.3 is 9.73 Å². The monoisotopic (exact) mass is 185 g/mol. The SMILES string of the molecule is Cc1occc1C(=O)NCCS. The molecule has 3 nitrogen and oxygen atoms in total. The summed E-state index contributed by atoms with van der Waals surface area (Å²) in [6, 6.07) is 1.66. The van der Waals surface area contributed by atoms with Crippen LogP contribution in [0.15, 0.2) is 16.7 Å². The first kappa shape index (κ1) is 9.19. The Bertz CT molecular complexity index is 270. The zero-order valence-electron chi connectivity index (χ0n) is 6.83. The number of aryl methyl sites for hydroxylation is 1. The number of furan rings is 1. The van der Waals surface area contributed by atoms with E-state index in [0.29, 0.717) is 23.6 Å². The van der Waals surface area contributed by atoms with Crippen LogP contribution in [-0.4, -0.2) is 18.2 Å². The molecule has 1 aromatic heterocycles. The van der Waals surface area contributed by atoms with E-state index in [4.69, 9.17) is 4.42 Å². The van der Waals surface area contributed by atoms with Gasteiger partial charge in [-0.3, -0.25) is 4.79 Å². The fourth-order valence-electron chi connectivity index (χ4n) is 0.885. The first-order valence-electron chi connectivity index (χ1n) is 3.69. The van der Waals surface area contributed by atoms with Crippen LogP contribution in [0.4, 0.5) is 0 Å². The zero-order valence-corrected chi connectivity index (χ0v) is 7.73. The lowest BCUT2D eigenvalue weighted by Gasteiger charge is -2.00. The van der Waals surface area contributed by atoms with Crippen LogP contribution in [0.2, 0.25) is 0 Å². The van der Waals surface area contributed by atoms with Crippen molar-refractivity contribution in [1.29, 1.82) is 0 Å². The molecule has 12 heavy (non-hydrogen) atoms. The summed E-state index contributed by atoms with van der Waals surface area (Å²) in [4.78, 5) is 11.3. The Morgan fingerprint density at radius 2 is 2.50 bits per heavy atom. The molecule has 66 valence electrons. The summed E-state index contributed by atoms with van der Waals surface area (Å²) in [5, 5.41) is 2.70. The van der Waals surface area contributed by atoms with E-state index in [1.807, 2.05) is 0 Å². The van der Waals surface area contributed by atoms with E-state index >= 15 is 0 Å². The molecular weight excluding hydrogens is 174 g/mol. The molecule has 4 heteroatoms. The summed E-state index contributed by atoms with van der Waals surface area (Å²) in [6.07, 6.45) is 1.50. The third kappa shape index (κ3) is 2.04. The Kier molecular flexibility index (Phi) is 3.22. The van der Waals surface area contributed by atoms with Gasteiger partial charge in [-0.25, -0.2) is 0 Å². The van der Waals surface area contributed by atoms with Crippen LogP contribution in [-0.2, 0) is 0 Å². The maximum absolute atomic E-state index is 11.3. The van der Waals surface area contributed by atoms with Crippen LogP contribution in [0.1, 0.15) is 16.1 Å². The van der Waals surface area contributed by atoms with Crippen LogP contribution in [0.25, 0.3) is 0 Å².